The third-order valence-electron chi connectivity index (χ3n) is 1.47. The molecule has 1 aromatic rings. The maximum Gasteiger partial charge on any atom is 1.00 e. The molecule has 0 aliphatic heterocycles. The molecule has 0 aliphatic carbocycles. The van der Waals surface area contributed by atoms with Gasteiger partial charge in [-0.1, -0.05) is 0 Å². The van der Waals surface area contributed by atoms with Gasteiger partial charge in [-0.2, -0.15) is 0 Å². The molecule has 82 valence electrons. The Morgan fingerprint density at radius 2 is 1.65 bits per heavy atom. The molecule has 0 saturated carbocycles. The van der Waals surface area contributed by atoms with Crippen molar-refractivity contribution >= 4 is 16.1 Å². The quantitative estimate of drug-likeness (QED) is 0.399. The van der Waals surface area contributed by atoms with Gasteiger partial charge in [-0.05, 0) is 24.3 Å². The van der Waals surface area contributed by atoms with E-state index in [1.807, 2.05) is 0 Å². The first-order valence-corrected chi connectivity index (χ1v) is 5.19. The van der Waals surface area contributed by atoms with Gasteiger partial charge in [-0.25, -0.2) is 8.42 Å². The minimum absolute atomic E-state index is 0. The number of carbonyl (C=O) groups is 1. The van der Waals surface area contributed by atoms with E-state index < -0.39 is 27.6 Å². The maximum absolute atomic E-state index is 10.5. The Bertz CT molecular complexity index is 455. The largest absolute Gasteiger partial charge is 1.00 e. The van der Waals surface area contributed by atoms with Crippen LogP contribution in [0.5, 0.6) is 5.75 Å². The Morgan fingerprint density at radius 3 is 2.00 bits per heavy atom. The van der Waals surface area contributed by atoms with Crippen LogP contribution in [0.1, 0.15) is 0 Å². The van der Waals surface area contributed by atoms with E-state index in [2.05, 4.69) is 4.74 Å². The summed E-state index contributed by atoms with van der Waals surface area (Å²) in [5, 5.41) is 10.0. The molecule has 0 heterocycles. The monoisotopic (exact) mass is 276 g/mol. The molecule has 0 radical (unpaired) electrons. The molecular weight excluding hydrogens is 270 g/mol. The molecule has 0 bridgehead atoms. The molecule has 0 atom stereocenters. The van der Waals surface area contributed by atoms with Crippen molar-refractivity contribution < 1.29 is 86.7 Å². The number of hydrogen-bond acceptors (Lipinski definition) is 6. The smallest absolute Gasteiger partial charge is 0.744 e. The van der Waals surface area contributed by atoms with Gasteiger partial charge in [0, 0.05) is 0 Å². The number of rotatable bonds is 4. The first kappa shape index (κ1) is 19.7. The van der Waals surface area contributed by atoms with Crippen LogP contribution in [-0.2, 0) is 14.9 Å². The van der Waals surface area contributed by atoms with Crippen molar-refractivity contribution in [2.45, 2.75) is 4.90 Å². The normalized spacial score (nSPS) is 9.71. The van der Waals surface area contributed by atoms with Gasteiger partial charge in [0.25, 0.3) is 0 Å². The van der Waals surface area contributed by atoms with Gasteiger partial charge >= 0.3 is 59.1 Å². The number of hydrogen-bond donors (Lipinski definition) is 0. The Hall–Kier alpha value is 0.400. The summed E-state index contributed by atoms with van der Waals surface area (Å²) in [6.45, 7) is -0.635. The van der Waals surface area contributed by atoms with Gasteiger partial charge in [-0.3, -0.25) is 0 Å². The zero-order valence-electron chi connectivity index (χ0n) is 9.37. The van der Waals surface area contributed by atoms with E-state index >= 15 is 0 Å². The molecule has 0 N–H and O–H groups in total. The third kappa shape index (κ3) is 7.43. The van der Waals surface area contributed by atoms with Crippen LogP contribution in [0, 0.1) is 0 Å². The summed E-state index contributed by atoms with van der Waals surface area (Å²) in [7, 11) is -4.49. The first-order valence-electron chi connectivity index (χ1n) is 3.78. The van der Waals surface area contributed by atoms with Crippen molar-refractivity contribution in [3.8, 4) is 5.75 Å². The fraction of sp³-hybridized carbons (Fsp3) is 0.125. The van der Waals surface area contributed by atoms with Crippen LogP contribution in [0.3, 0.4) is 0 Å². The number of carboxylic acid groups (broad SMARTS) is 1. The van der Waals surface area contributed by atoms with Crippen molar-refractivity contribution in [3.05, 3.63) is 24.3 Å². The molecule has 0 aliphatic rings. The Balaban J connectivity index is 0. The molecule has 0 spiro atoms. The van der Waals surface area contributed by atoms with E-state index in [-0.39, 0.29) is 64.9 Å². The second-order valence-corrected chi connectivity index (χ2v) is 3.97. The van der Waals surface area contributed by atoms with Crippen LogP contribution in [0.4, 0.5) is 0 Å². The summed E-state index contributed by atoms with van der Waals surface area (Å²) in [6, 6.07) is 4.45. The standard InChI is InChI=1S/C8H8O6S.2Na/c9-8(10)5-14-6-1-3-7(4-2-6)15(11,12)13;;/h1-4H,5H2,(H,9,10)(H,11,12,13);;/q;2*+1/p-2. The molecule has 17 heavy (non-hydrogen) atoms. The van der Waals surface area contributed by atoms with Crippen LogP contribution in [-0.4, -0.2) is 25.5 Å². The van der Waals surface area contributed by atoms with E-state index in [1.165, 1.54) is 12.1 Å². The van der Waals surface area contributed by atoms with E-state index in [0.717, 1.165) is 12.1 Å². The molecule has 0 saturated heterocycles. The van der Waals surface area contributed by atoms with E-state index in [9.17, 15) is 22.9 Å². The van der Waals surface area contributed by atoms with E-state index in [0.29, 0.717) is 0 Å². The summed E-state index contributed by atoms with van der Waals surface area (Å²) >= 11 is 0. The first-order chi connectivity index (χ1) is 6.89. The number of ether oxygens (including phenoxy) is 1. The molecule has 6 nitrogen and oxygen atoms in total. The molecular formula is C8H6Na2O6S. The van der Waals surface area contributed by atoms with Gasteiger partial charge in [0.2, 0.25) is 0 Å². The van der Waals surface area contributed by atoms with Gasteiger partial charge in [0.05, 0.1) is 10.9 Å². The number of carbonyl (C=O) groups excluding carboxylic acids is 1. The Morgan fingerprint density at radius 1 is 1.18 bits per heavy atom. The van der Waals surface area contributed by atoms with E-state index in [1.54, 1.807) is 0 Å². The molecule has 0 amide bonds. The van der Waals surface area contributed by atoms with Crippen LogP contribution in [0.25, 0.3) is 0 Å². The summed E-state index contributed by atoms with van der Waals surface area (Å²) < 4.78 is 36.2. The summed E-state index contributed by atoms with van der Waals surface area (Å²) in [5.41, 5.74) is 0. The van der Waals surface area contributed by atoms with E-state index in [4.69, 9.17) is 0 Å². The van der Waals surface area contributed by atoms with Crippen molar-refractivity contribution in [2.24, 2.45) is 0 Å². The van der Waals surface area contributed by atoms with Gasteiger partial charge in [0.1, 0.15) is 22.5 Å². The molecule has 0 fully saturated rings. The van der Waals surface area contributed by atoms with Gasteiger partial charge < -0.3 is 19.2 Å². The third-order valence-corrected chi connectivity index (χ3v) is 2.32. The van der Waals surface area contributed by atoms with Crippen molar-refractivity contribution in [1.29, 1.82) is 0 Å². The van der Waals surface area contributed by atoms with Crippen molar-refractivity contribution in [1.82, 2.24) is 0 Å². The SMILES string of the molecule is O=C([O-])COc1ccc(S(=O)(=O)[O-])cc1.[Na+].[Na+]. The minimum Gasteiger partial charge on any atom is -0.744 e. The fourth-order valence-electron chi connectivity index (χ4n) is 0.845. The molecule has 1 rings (SSSR count). The fourth-order valence-corrected chi connectivity index (χ4v) is 1.31. The molecule has 9 heteroatoms. The topological polar surface area (TPSA) is 107 Å². The Labute approximate surface area is 143 Å². The average Bonchev–Trinajstić information content (AvgIpc) is 2.14. The molecule has 1 aromatic carbocycles. The summed E-state index contributed by atoms with van der Waals surface area (Å²) in [6.07, 6.45) is 0. The predicted molar refractivity (Wildman–Crippen MR) is 44.9 cm³/mol. The molecule has 0 aromatic heterocycles. The maximum atomic E-state index is 10.5. The predicted octanol–water partition coefficient (Wildman–Crippen LogP) is -7.27. The summed E-state index contributed by atoms with van der Waals surface area (Å²) in [5.74, 6) is -1.25. The van der Waals surface area contributed by atoms with Gasteiger partial charge in [-0.15, -0.1) is 0 Å². The minimum atomic E-state index is -4.49. The van der Waals surface area contributed by atoms with Crippen LogP contribution < -0.4 is 69.0 Å². The number of aliphatic carboxylic acids is 1. The van der Waals surface area contributed by atoms with Crippen LogP contribution in [0.15, 0.2) is 29.2 Å². The second-order valence-electron chi connectivity index (χ2n) is 2.59. The van der Waals surface area contributed by atoms with Gasteiger partial charge in [0.15, 0.2) is 0 Å². The van der Waals surface area contributed by atoms with Crippen LogP contribution in [0.2, 0.25) is 0 Å². The second kappa shape index (κ2) is 8.49. The zero-order chi connectivity index (χ0) is 11.5. The number of carboxylic acids is 1. The van der Waals surface area contributed by atoms with Crippen LogP contribution >= 0.6 is 0 Å². The average molecular weight is 276 g/mol. The number of benzene rings is 1. The molecule has 0 unspecified atom stereocenters. The van der Waals surface area contributed by atoms with Crippen molar-refractivity contribution in [2.75, 3.05) is 6.61 Å². The Kier molecular flexibility index (Phi) is 9.86. The van der Waals surface area contributed by atoms with Crippen molar-refractivity contribution in [3.63, 3.8) is 0 Å². The summed E-state index contributed by atoms with van der Waals surface area (Å²) in [4.78, 5) is 9.62. The zero-order valence-corrected chi connectivity index (χ0v) is 14.2.